The monoisotopic (exact) mass is 441 g/mol. The molecular weight excluding hydrogens is 421 g/mol. The zero-order valence-corrected chi connectivity index (χ0v) is 17.9. The van der Waals surface area contributed by atoms with Gasteiger partial charge in [-0.15, -0.1) is 0 Å². The lowest BCUT2D eigenvalue weighted by Crippen LogP contribution is -2.08. The fraction of sp³-hybridized carbons (Fsp3) is 0.125. The van der Waals surface area contributed by atoms with Crippen molar-refractivity contribution in [3.8, 4) is 5.75 Å². The van der Waals surface area contributed by atoms with E-state index in [1.165, 1.54) is 0 Å². The lowest BCUT2D eigenvalue weighted by atomic mass is 10.1. The van der Waals surface area contributed by atoms with Crippen LogP contribution in [0.15, 0.2) is 79.0 Å². The third-order valence-electron chi connectivity index (χ3n) is 4.21. The normalized spacial score (nSPS) is 11.1. The highest BCUT2D eigenvalue weighted by Crippen LogP contribution is 2.27. The van der Waals surface area contributed by atoms with Crippen LogP contribution in [0.3, 0.4) is 0 Å². The van der Waals surface area contributed by atoms with Gasteiger partial charge < -0.3 is 14.8 Å². The summed E-state index contributed by atoms with van der Waals surface area (Å²) in [6.45, 7) is 2.51. The zero-order chi connectivity index (χ0) is 21.3. The van der Waals surface area contributed by atoms with Crippen LogP contribution in [0.4, 0.5) is 5.69 Å². The molecule has 4 nitrogen and oxygen atoms in total. The molecule has 1 N–H and O–H groups in total. The van der Waals surface area contributed by atoms with Crippen LogP contribution in [0.25, 0.3) is 5.57 Å². The van der Waals surface area contributed by atoms with E-state index in [-0.39, 0.29) is 6.61 Å². The van der Waals surface area contributed by atoms with Crippen LogP contribution < -0.4 is 10.1 Å². The first-order valence-corrected chi connectivity index (χ1v) is 10.2. The Bertz CT molecular complexity index is 1020. The molecule has 0 aliphatic heterocycles. The Morgan fingerprint density at radius 2 is 1.73 bits per heavy atom. The third-order valence-corrected chi connectivity index (χ3v) is 4.76. The van der Waals surface area contributed by atoms with Crippen LogP contribution in [0.2, 0.25) is 10.0 Å². The lowest BCUT2D eigenvalue weighted by molar-refractivity contribution is -0.136. The Hall–Kier alpha value is -2.95. The Labute approximate surface area is 186 Å². The minimum atomic E-state index is -0.437. The van der Waals surface area contributed by atoms with Gasteiger partial charge in [-0.1, -0.05) is 65.7 Å². The van der Waals surface area contributed by atoms with Crippen molar-refractivity contribution in [1.82, 2.24) is 0 Å². The summed E-state index contributed by atoms with van der Waals surface area (Å²) in [5.41, 5.74) is 2.78. The summed E-state index contributed by atoms with van der Waals surface area (Å²) in [5.74, 6) is 0.271. The molecule has 0 bridgehead atoms. The van der Waals surface area contributed by atoms with Crippen LogP contribution in [-0.2, 0) is 16.1 Å². The third kappa shape index (κ3) is 6.02. The summed E-state index contributed by atoms with van der Waals surface area (Å²) in [6, 6.07) is 22.3. The van der Waals surface area contributed by atoms with Gasteiger partial charge in [0.2, 0.25) is 0 Å². The second-order valence-electron chi connectivity index (χ2n) is 6.35. The highest BCUT2D eigenvalue weighted by atomic mass is 35.5. The first-order valence-electron chi connectivity index (χ1n) is 9.43. The number of nitrogens with one attached hydrogen (secondary N) is 1. The van der Waals surface area contributed by atoms with E-state index in [1.807, 2.05) is 54.6 Å². The Kier molecular flexibility index (Phi) is 7.77. The number of anilines is 1. The van der Waals surface area contributed by atoms with Gasteiger partial charge in [0.05, 0.1) is 22.9 Å². The van der Waals surface area contributed by atoms with Crippen molar-refractivity contribution < 1.29 is 14.3 Å². The molecule has 3 aromatic rings. The number of benzene rings is 3. The number of carbonyl (C=O) groups excluding carboxylic acids is 1. The summed E-state index contributed by atoms with van der Waals surface area (Å²) in [4.78, 5) is 12.5. The molecule has 0 saturated heterocycles. The van der Waals surface area contributed by atoms with Gasteiger partial charge >= 0.3 is 5.97 Å². The molecule has 0 fully saturated rings. The van der Waals surface area contributed by atoms with Gasteiger partial charge in [-0.3, -0.25) is 0 Å². The maximum absolute atomic E-state index is 12.5. The molecule has 0 amide bonds. The molecule has 30 heavy (non-hydrogen) atoms. The zero-order valence-electron chi connectivity index (χ0n) is 16.4. The molecule has 0 aliphatic carbocycles. The van der Waals surface area contributed by atoms with Gasteiger partial charge in [0.1, 0.15) is 12.4 Å². The van der Waals surface area contributed by atoms with E-state index in [2.05, 4.69) is 5.32 Å². The standard InChI is InChI=1S/C24H21Cl2NO3/c1-2-29-24(28)21(15-27-23-13-10-19(25)14-22(23)26)18-8-11-20(12-9-18)30-16-17-6-4-3-5-7-17/h3-15,27H,2,16H2,1H3/b21-15-. The van der Waals surface area contributed by atoms with E-state index >= 15 is 0 Å². The van der Waals surface area contributed by atoms with Crippen molar-refractivity contribution in [2.45, 2.75) is 13.5 Å². The lowest BCUT2D eigenvalue weighted by Gasteiger charge is -2.11. The van der Waals surface area contributed by atoms with Crippen molar-refractivity contribution >= 4 is 40.4 Å². The maximum atomic E-state index is 12.5. The van der Waals surface area contributed by atoms with Gasteiger partial charge in [-0.2, -0.15) is 0 Å². The second-order valence-corrected chi connectivity index (χ2v) is 7.19. The summed E-state index contributed by atoms with van der Waals surface area (Å²) < 4.78 is 11.0. The molecule has 0 unspecified atom stereocenters. The van der Waals surface area contributed by atoms with E-state index in [0.29, 0.717) is 39.2 Å². The summed E-state index contributed by atoms with van der Waals surface area (Å²) in [7, 11) is 0. The van der Waals surface area contributed by atoms with E-state index < -0.39 is 5.97 Å². The molecule has 0 radical (unpaired) electrons. The van der Waals surface area contributed by atoms with E-state index in [1.54, 1.807) is 31.3 Å². The van der Waals surface area contributed by atoms with Gasteiger partial charge in [0.15, 0.2) is 0 Å². The van der Waals surface area contributed by atoms with E-state index in [9.17, 15) is 4.79 Å². The number of rotatable bonds is 8. The highest BCUT2D eigenvalue weighted by molar-refractivity contribution is 6.36. The number of carbonyl (C=O) groups is 1. The van der Waals surface area contributed by atoms with Crippen molar-refractivity contribution in [1.29, 1.82) is 0 Å². The van der Waals surface area contributed by atoms with Crippen LogP contribution in [0.5, 0.6) is 5.75 Å². The fourth-order valence-electron chi connectivity index (χ4n) is 2.70. The van der Waals surface area contributed by atoms with E-state index in [0.717, 1.165) is 5.56 Å². The predicted molar refractivity (Wildman–Crippen MR) is 122 cm³/mol. The second kappa shape index (κ2) is 10.7. The molecular formula is C24H21Cl2NO3. The van der Waals surface area contributed by atoms with Crippen molar-refractivity contribution in [2.24, 2.45) is 0 Å². The van der Waals surface area contributed by atoms with Gasteiger partial charge in [-0.05, 0) is 48.4 Å². The first-order chi connectivity index (χ1) is 14.6. The van der Waals surface area contributed by atoms with Crippen LogP contribution in [-0.4, -0.2) is 12.6 Å². The molecule has 6 heteroatoms. The predicted octanol–water partition coefficient (Wildman–Crippen LogP) is 6.59. The maximum Gasteiger partial charge on any atom is 0.340 e. The van der Waals surface area contributed by atoms with Crippen LogP contribution in [0, 0.1) is 0 Å². The van der Waals surface area contributed by atoms with Crippen molar-refractivity contribution in [2.75, 3.05) is 11.9 Å². The molecule has 0 aromatic heterocycles. The van der Waals surface area contributed by atoms with Crippen LogP contribution >= 0.6 is 23.2 Å². The number of halogens is 2. The average molecular weight is 442 g/mol. The largest absolute Gasteiger partial charge is 0.489 e. The van der Waals surface area contributed by atoms with Crippen LogP contribution in [0.1, 0.15) is 18.1 Å². The number of hydrogen-bond donors (Lipinski definition) is 1. The number of ether oxygens (including phenoxy) is 2. The first kappa shape index (κ1) is 21.8. The summed E-state index contributed by atoms with van der Waals surface area (Å²) >= 11 is 12.1. The minimum Gasteiger partial charge on any atom is -0.489 e. The molecule has 3 rings (SSSR count). The average Bonchev–Trinajstić information content (AvgIpc) is 2.75. The number of esters is 1. The quantitative estimate of drug-likeness (QED) is 0.316. The number of hydrogen-bond acceptors (Lipinski definition) is 4. The smallest absolute Gasteiger partial charge is 0.340 e. The Balaban J connectivity index is 1.76. The molecule has 154 valence electrons. The van der Waals surface area contributed by atoms with Crippen molar-refractivity contribution in [3.63, 3.8) is 0 Å². The van der Waals surface area contributed by atoms with E-state index in [4.69, 9.17) is 32.7 Å². The van der Waals surface area contributed by atoms with Gasteiger partial charge in [0, 0.05) is 11.2 Å². The molecule has 3 aromatic carbocycles. The summed E-state index contributed by atoms with van der Waals surface area (Å²) in [6.07, 6.45) is 1.58. The fourth-order valence-corrected chi connectivity index (χ4v) is 3.16. The van der Waals surface area contributed by atoms with Gasteiger partial charge in [0.25, 0.3) is 0 Å². The molecule has 0 heterocycles. The minimum absolute atomic E-state index is 0.274. The Morgan fingerprint density at radius 3 is 2.40 bits per heavy atom. The molecule has 0 spiro atoms. The summed E-state index contributed by atoms with van der Waals surface area (Å²) in [5, 5.41) is 4.04. The SMILES string of the molecule is CCOC(=O)/C(=C\Nc1ccc(Cl)cc1Cl)c1ccc(OCc2ccccc2)cc1. The molecule has 0 aliphatic rings. The Morgan fingerprint density at radius 1 is 1.00 bits per heavy atom. The molecule has 0 saturated carbocycles. The molecule has 0 atom stereocenters. The van der Waals surface area contributed by atoms with Gasteiger partial charge in [-0.25, -0.2) is 4.79 Å². The topological polar surface area (TPSA) is 47.6 Å². The highest BCUT2D eigenvalue weighted by Gasteiger charge is 2.14. The van der Waals surface area contributed by atoms with Crippen molar-refractivity contribution in [3.05, 3.63) is 100 Å².